The molecule has 1 aromatic carbocycles. The summed E-state index contributed by atoms with van der Waals surface area (Å²) in [5, 5.41) is 10.5. The molecule has 0 spiro atoms. The SMILES string of the molecule is C=COCCCNC(=O)c1n[nH]c2ccccc12. The number of rotatable bonds is 6. The van der Waals surface area contributed by atoms with E-state index in [0.29, 0.717) is 18.8 Å². The molecule has 0 saturated carbocycles. The van der Waals surface area contributed by atoms with Crippen LogP contribution in [0.1, 0.15) is 16.9 Å². The first-order valence-electron chi connectivity index (χ1n) is 5.76. The highest BCUT2D eigenvalue weighted by molar-refractivity contribution is 6.04. The Labute approximate surface area is 105 Å². The minimum absolute atomic E-state index is 0.175. The van der Waals surface area contributed by atoms with Gasteiger partial charge in [-0.15, -0.1) is 0 Å². The van der Waals surface area contributed by atoms with Gasteiger partial charge in [0, 0.05) is 11.9 Å². The molecule has 0 unspecified atom stereocenters. The Morgan fingerprint density at radius 3 is 3.17 bits per heavy atom. The Morgan fingerprint density at radius 2 is 2.33 bits per heavy atom. The second-order valence-electron chi connectivity index (χ2n) is 3.76. The molecule has 0 fully saturated rings. The Balaban J connectivity index is 1.94. The maximum atomic E-state index is 11.9. The standard InChI is InChI=1S/C13H15N3O2/c1-2-18-9-5-8-14-13(17)12-10-6-3-4-7-11(10)15-16-12/h2-4,6-7H,1,5,8-9H2,(H,14,17)(H,15,16). The largest absolute Gasteiger partial charge is 0.502 e. The lowest BCUT2D eigenvalue weighted by molar-refractivity contribution is 0.0947. The van der Waals surface area contributed by atoms with E-state index in [-0.39, 0.29) is 5.91 Å². The molecule has 18 heavy (non-hydrogen) atoms. The molecule has 0 aliphatic heterocycles. The molecule has 0 saturated heterocycles. The van der Waals surface area contributed by atoms with E-state index >= 15 is 0 Å². The summed E-state index contributed by atoms with van der Waals surface area (Å²) in [4.78, 5) is 11.9. The first kappa shape index (κ1) is 12.2. The Kier molecular flexibility index (Phi) is 3.96. The molecule has 5 nitrogen and oxygen atoms in total. The van der Waals surface area contributed by atoms with Gasteiger partial charge in [0.2, 0.25) is 0 Å². The van der Waals surface area contributed by atoms with E-state index < -0.39 is 0 Å². The van der Waals surface area contributed by atoms with Crippen molar-refractivity contribution in [3.8, 4) is 0 Å². The highest BCUT2D eigenvalue weighted by Crippen LogP contribution is 2.14. The first-order chi connectivity index (χ1) is 8.83. The summed E-state index contributed by atoms with van der Waals surface area (Å²) in [6.45, 7) is 4.54. The highest BCUT2D eigenvalue weighted by Gasteiger charge is 2.12. The summed E-state index contributed by atoms with van der Waals surface area (Å²) in [5.74, 6) is -0.175. The number of benzene rings is 1. The van der Waals surface area contributed by atoms with Gasteiger partial charge in [0.05, 0.1) is 18.4 Å². The van der Waals surface area contributed by atoms with Crippen LogP contribution in [0.15, 0.2) is 37.1 Å². The van der Waals surface area contributed by atoms with Gasteiger partial charge in [-0.05, 0) is 12.5 Å². The third kappa shape index (κ3) is 2.68. The van der Waals surface area contributed by atoms with Crippen LogP contribution in [-0.2, 0) is 4.74 Å². The lowest BCUT2D eigenvalue weighted by Gasteiger charge is -2.03. The summed E-state index contributed by atoms with van der Waals surface area (Å²) >= 11 is 0. The van der Waals surface area contributed by atoms with Crippen LogP contribution < -0.4 is 5.32 Å². The number of amides is 1. The topological polar surface area (TPSA) is 67.0 Å². The van der Waals surface area contributed by atoms with Crippen molar-refractivity contribution in [2.24, 2.45) is 0 Å². The van der Waals surface area contributed by atoms with Crippen molar-refractivity contribution >= 4 is 16.8 Å². The van der Waals surface area contributed by atoms with Crippen molar-refractivity contribution in [1.82, 2.24) is 15.5 Å². The van der Waals surface area contributed by atoms with E-state index in [2.05, 4.69) is 22.1 Å². The van der Waals surface area contributed by atoms with Gasteiger partial charge < -0.3 is 10.1 Å². The van der Waals surface area contributed by atoms with E-state index in [1.807, 2.05) is 24.3 Å². The van der Waals surface area contributed by atoms with Gasteiger partial charge in [0.1, 0.15) is 0 Å². The molecule has 2 aromatic rings. The van der Waals surface area contributed by atoms with Crippen LogP contribution in [-0.4, -0.2) is 29.3 Å². The first-order valence-corrected chi connectivity index (χ1v) is 5.76. The molecule has 0 aliphatic rings. The normalized spacial score (nSPS) is 10.2. The highest BCUT2D eigenvalue weighted by atomic mass is 16.5. The Hall–Kier alpha value is -2.30. The van der Waals surface area contributed by atoms with Gasteiger partial charge in [-0.1, -0.05) is 24.8 Å². The monoisotopic (exact) mass is 245 g/mol. The summed E-state index contributed by atoms with van der Waals surface area (Å²) in [7, 11) is 0. The van der Waals surface area contributed by atoms with Crippen LogP contribution in [0.4, 0.5) is 0 Å². The Bertz CT molecular complexity index is 548. The lowest BCUT2D eigenvalue weighted by Crippen LogP contribution is -2.25. The molecule has 0 aliphatic carbocycles. The molecule has 1 aromatic heterocycles. The van der Waals surface area contributed by atoms with Crippen LogP contribution in [0.5, 0.6) is 0 Å². The van der Waals surface area contributed by atoms with Crippen LogP contribution in [0.25, 0.3) is 10.9 Å². The summed E-state index contributed by atoms with van der Waals surface area (Å²) in [6.07, 6.45) is 2.13. The maximum absolute atomic E-state index is 11.9. The van der Waals surface area contributed by atoms with Gasteiger partial charge in [0.15, 0.2) is 5.69 Å². The number of hydrogen-bond donors (Lipinski definition) is 2. The van der Waals surface area contributed by atoms with Gasteiger partial charge in [0.25, 0.3) is 5.91 Å². The number of nitrogens with zero attached hydrogens (tertiary/aromatic N) is 1. The van der Waals surface area contributed by atoms with E-state index in [9.17, 15) is 4.79 Å². The zero-order chi connectivity index (χ0) is 12.8. The summed E-state index contributed by atoms with van der Waals surface area (Å²) in [6, 6.07) is 7.53. The second kappa shape index (κ2) is 5.86. The predicted octanol–water partition coefficient (Wildman–Crippen LogP) is 1.84. The molecule has 0 bridgehead atoms. The fourth-order valence-corrected chi connectivity index (χ4v) is 1.66. The molecule has 1 amide bonds. The average Bonchev–Trinajstić information content (AvgIpc) is 2.82. The molecular formula is C13H15N3O2. The predicted molar refractivity (Wildman–Crippen MR) is 69.2 cm³/mol. The fourth-order valence-electron chi connectivity index (χ4n) is 1.66. The third-order valence-corrected chi connectivity index (χ3v) is 2.53. The molecule has 0 radical (unpaired) electrons. The number of ether oxygens (including phenoxy) is 1. The summed E-state index contributed by atoms with van der Waals surface area (Å²) in [5.41, 5.74) is 1.29. The smallest absolute Gasteiger partial charge is 0.272 e. The zero-order valence-electron chi connectivity index (χ0n) is 9.98. The quantitative estimate of drug-likeness (QED) is 0.603. The number of para-hydroxylation sites is 1. The van der Waals surface area contributed by atoms with Crippen molar-refractivity contribution in [1.29, 1.82) is 0 Å². The maximum Gasteiger partial charge on any atom is 0.272 e. The molecule has 0 atom stereocenters. The number of H-pyrrole nitrogens is 1. The minimum atomic E-state index is -0.175. The van der Waals surface area contributed by atoms with Crippen molar-refractivity contribution in [2.75, 3.05) is 13.2 Å². The van der Waals surface area contributed by atoms with Gasteiger partial charge >= 0.3 is 0 Å². The van der Waals surface area contributed by atoms with Crippen molar-refractivity contribution in [3.05, 3.63) is 42.8 Å². The van der Waals surface area contributed by atoms with E-state index in [1.54, 1.807) is 0 Å². The minimum Gasteiger partial charge on any atom is -0.502 e. The number of fused-ring (bicyclic) bond motifs is 1. The van der Waals surface area contributed by atoms with E-state index in [1.165, 1.54) is 6.26 Å². The van der Waals surface area contributed by atoms with E-state index in [4.69, 9.17) is 4.74 Å². The average molecular weight is 245 g/mol. The number of aromatic nitrogens is 2. The van der Waals surface area contributed by atoms with E-state index in [0.717, 1.165) is 17.3 Å². The summed E-state index contributed by atoms with van der Waals surface area (Å²) < 4.78 is 4.97. The van der Waals surface area contributed by atoms with Gasteiger partial charge in [-0.2, -0.15) is 5.10 Å². The number of carbonyl (C=O) groups excluding carboxylic acids is 1. The van der Waals surface area contributed by atoms with Crippen LogP contribution in [0.2, 0.25) is 0 Å². The molecule has 2 rings (SSSR count). The van der Waals surface area contributed by atoms with Gasteiger partial charge in [-0.25, -0.2) is 0 Å². The van der Waals surface area contributed by atoms with Gasteiger partial charge in [-0.3, -0.25) is 9.89 Å². The number of carbonyl (C=O) groups is 1. The molecule has 1 heterocycles. The van der Waals surface area contributed by atoms with Crippen molar-refractivity contribution in [2.45, 2.75) is 6.42 Å². The molecular weight excluding hydrogens is 230 g/mol. The number of aromatic amines is 1. The zero-order valence-corrected chi connectivity index (χ0v) is 9.98. The van der Waals surface area contributed by atoms with Crippen molar-refractivity contribution < 1.29 is 9.53 Å². The number of nitrogens with one attached hydrogen (secondary N) is 2. The van der Waals surface area contributed by atoms with Crippen LogP contribution in [0, 0.1) is 0 Å². The Morgan fingerprint density at radius 1 is 1.50 bits per heavy atom. The fraction of sp³-hybridized carbons (Fsp3) is 0.231. The molecule has 94 valence electrons. The number of hydrogen-bond acceptors (Lipinski definition) is 3. The second-order valence-corrected chi connectivity index (χ2v) is 3.76. The van der Waals surface area contributed by atoms with Crippen molar-refractivity contribution in [3.63, 3.8) is 0 Å². The van der Waals surface area contributed by atoms with Crippen LogP contribution >= 0.6 is 0 Å². The van der Waals surface area contributed by atoms with Crippen LogP contribution in [0.3, 0.4) is 0 Å². The third-order valence-electron chi connectivity index (χ3n) is 2.53. The molecule has 5 heteroatoms. The molecule has 2 N–H and O–H groups in total. The lowest BCUT2D eigenvalue weighted by atomic mass is 10.2.